The average molecular weight is 588 g/mol. The first kappa shape index (κ1) is 28.2. The number of anilines is 1. The van der Waals surface area contributed by atoms with Gasteiger partial charge in [-0.15, -0.1) is 0 Å². The molecular weight excluding hydrogens is 548 g/mol. The number of hydrogen-bond acceptors (Lipinski definition) is 6. The van der Waals surface area contributed by atoms with Crippen molar-refractivity contribution in [2.45, 2.75) is 69.9 Å². The van der Waals surface area contributed by atoms with Crippen LogP contribution < -0.4 is 9.64 Å². The van der Waals surface area contributed by atoms with Crippen molar-refractivity contribution >= 4 is 22.6 Å². The van der Waals surface area contributed by atoms with Crippen molar-refractivity contribution in [3.63, 3.8) is 0 Å². The van der Waals surface area contributed by atoms with Crippen molar-refractivity contribution in [1.29, 1.82) is 0 Å². The predicted octanol–water partition coefficient (Wildman–Crippen LogP) is 5.84. The van der Waals surface area contributed by atoms with E-state index in [1.807, 2.05) is 31.2 Å². The Balaban J connectivity index is 1.29. The van der Waals surface area contributed by atoms with Crippen molar-refractivity contribution < 1.29 is 18.3 Å². The van der Waals surface area contributed by atoms with E-state index >= 15 is 4.39 Å². The van der Waals surface area contributed by atoms with Crippen LogP contribution in [0.1, 0.15) is 56.6 Å². The van der Waals surface area contributed by atoms with E-state index in [9.17, 15) is 9.18 Å². The zero-order valence-electron chi connectivity index (χ0n) is 24.9. The van der Waals surface area contributed by atoms with Gasteiger partial charge in [0.05, 0.1) is 5.54 Å². The van der Waals surface area contributed by atoms with Crippen molar-refractivity contribution in [1.82, 2.24) is 19.8 Å². The van der Waals surface area contributed by atoms with Crippen LogP contribution in [0.2, 0.25) is 0 Å². The normalized spacial score (nSPS) is 21.6. The monoisotopic (exact) mass is 587 g/mol. The van der Waals surface area contributed by atoms with Crippen LogP contribution in [0.15, 0.2) is 42.7 Å². The van der Waals surface area contributed by atoms with Crippen LogP contribution >= 0.6 is 0 Å². The maximum Gasteiger partial charge on any atom is 0.319 e. The first-order valence-electron chi connectivity index (χ1n) is 15.7. The topological polar surface area (TPSA) is 61.8 Å². The van der Waals surface area contributed by atoms with E-state index < -0.39 is 11.7 Å². The number of rotatable bonds is 6. The molecule has 4 heterocycles. The summed E-state index contributed by atoms with van der Waals surface area (Å²) in [6, 6.07) is 9.93. The molecule has 0 radical (unpaired) electrons. The lowest BCUT2D eigenvalue weighted by Crippen LogP contribution is -2.54. The van der Waals surface area contributed by atoms with Gasteiger partial charge >= 0.3 is 6.01 Å². The minimum Gasteiger partial charge on any atom is -0.461 e. The molecule has 1 amide bonds. The number of piperazine rings is 1. The van der Waals surface area contributed by atoms with Gasteiger partial charge in [0, 0.05) is 36.6 Å². The van der Waals surface area contributed by atoms with Crippen molar-refractivity contribution in [3.8, 4) is 17.1 Å². The molecule has 0 spiro atoms. The summed E-state index contributed by atoms with van der Waals surface area (Å²) in [5, 5.41) is 0.599. The van der Waals surface area contributed by atoms with Crippen molar-refractivity contribution in [2.24, 2.45) is 0 Å². The van der Waals surface area contributed by atoms with Crippen LogP contribution in [0, 0.1) is 5.82 Å². The standard InChI is InChI=1S/C34H39F2N5O2/c1-22-20-39(32(42)23(2)35)18-19-41(22)31-28-13-12-27(26-11-5-9-24-8-3-4-10-25(24)26)29(36)30(28)37-33(38-31)43-21-34-14-6-16-40(34)17-7-15-34/h5,9,11-13,22H,2-4,6-8,10,14-21H2,1H3/t22-/m0/s1. The lowest BCUT2D eigenvalue weighted by atomic mass is 9.85. The summed E-state index contributed by atoms with van der Waals surface area (Å²) in [5.41, 5.74) is 4.23. The first-order chi connectivity index (χ1) is 20.8. The molecule has 0 saturated carbocycles. The molecule has 7 nitrogen and oxygen atoms in total. The van der Waals surface area contributed by atoms with Gasteiger partial charge in [0.2, 0.25) is 0 Å². The molecule has 2 aromatic carbocycles. The maximum atomic E-state index is 16.7. The van der Waals surface area contributed by atoms with Gasteiger partial charge in [-0.2, -0.15) is 9.97 Å². The molecule has 1 aliphatic carbocycles. The SMILES string of the molecule is C=C(F)C(=O)N1CCN(c2nc(OCC34CCCN3CCC4)nc3c(F)c(-c4cccc5c4CCCC5)ccc23)[C@@H](C)C1. The third kappa shape index (κ3) is 4.95. The summed E-state index contributed by atoms with van der Waals surface area (Å²) in [6.45, 7) is 8.80. The van der Waals surface area contributed by atoms with Gasteiger partial charge in [-0.3, -0.25) is 9.69 Å². The Bertz CT molecular complexity index is 1580. The smallest absolute Gasteiger partial charge is 0.319 e. The van der Waals surface area contributed by atoms with E-state index in [2.05, 4.69) is 22.4 Å². The van der Waals surface area contributed by atoms with Crippen LogP contribution in [0.25, 0.3) is 22.0 Å². The Labute approximate surface area is 251 Å². The maximum absolute atomic E-state index is 16.7. The lowest BCUT2D eigenvalue weighted by Gasteiger charge is -2.40. The molecule has 226 valence electrons. The van der Waals surface area contributed by atoms with E-state index in [4.69, 9.17) is 14.7 Å². The molecule has 1 aromatic heterocycles. The molecule has 43 heavy (non-hydrogen) atoms. The first-order valence-corrected chi connectivity index (χ1v) is 15.7. The summed E-state index contributed by atoms with van der Waals surface area (Å²) >= 11 is 0. The van der Waals surface area contributed by atoms with Crippen molar-refractivity contribution in [2.75, 3.05) is 44.2 Å². The zero-order chi connectivity index (χ0) is 29.7. The minimum atomic E-state index is -0.964. The van der Waals surface area contributed by atoms with Crippen LogP contribution in [-0.4, -0.2) is 76.6 Å². The number of halogens is 2. The summed E-state index contributed by atoms with van der Waals surface area (Å²) < 4.78 is 36.7. The third-order valence-corrected chi connectivity index (χ3v) is 10.2. The van der Waals surface area contributed by atoms with Gasteiger partial charge < -0.3 is 14.5 Å². The molecule has 3 saturated heterocycles. The van der Waals surface area contributed by atoms with E-state index in [1.54, 1.807) is 0 Å². The number of ether oxygens (including phenoxy) is 1. The van der Waals surface area contributed by atoms with Gasteiger partial charge in [0.15, 0.2) is 11.6 Å². The highest BCUT2D eigenvalue weighted by Crippen LogP contribution is 2.41. The molecule has 3 fully saturated rings. The molecule has 0 bridgehead atoms. The molecule has 0 unspecified atom stereocenters. The molecule has 1 atom stereocenters. The predicted molar refractivity (Wildman–Crippen MR) is 163 cm³/mol. The molecule has 3 aliphatic heterocycles. The quantitative estimate of drug-likeness (QED) is 0.338. The van der Waals surface area contributed by atoms with Gasteiger partial charge in [0.25, 0.3) is 5.91 Å². The number of benzene rings is 2. The molecule has 3 aromatic rings. The number of hydrogen-bond donors (Lipinski definition) is 0. The summed E-state index contributed by atoms with van der Waals surface area (Å²) in [5.74, 6) is -1.45. The molecule has 9 heteroatoms. The van der Waals surface area contributed by atoms with Gasteiger partial charge in [-0.25, -0.2) is 8.78 Å². The van der Waals surface area contributed by atoms with E-state index in [1.165, 1.54) is 16.0 Å². The highest BCUT2D eigenvalue weighted by molar-refractivity contribution is 5.94. The number of amides is 1. The second-order valence-electron chi connectivity index (χ2n) is 12.7. The molecular formula is C34H39F2N5O2. The molecule has 0 N–H and O–H groups in total. The summed E-state index contributed by atoms with van der Waals surface area (Å²) in [4.78, 5) is 27.9. The number of fused-ring (bicyclic) bond motifs is 3. The fraction of sp³-hybridized carbons (Fsp3) is 0.500. The second kappa shape index (κ2) is 11.2. The highest BCUT2D eigenvalue weighted by atomic mass is 19.1. The second-order valence-corrected chi connectivity index (χ2v) is 12.7. The third-order valence-electron chi connectivity index (χ3n) is 10.2. The summed E-state index contributed by atoms with van der Waals surface area (Å²) in [7, 11) is 0. The number of carbonyl (C=O) groups is 1. The van der Waals surface area contributed by atoms with Crippen LogP contribution in [-0.2, 0) is 17.6 Å². The minimum absolute atomic E-state index is 0.00395. The lowest BCUT2D eigenvalue weighted by molar-refractivity contribution is -0.129. The number of aromatic nitrogens is 2. The Hall–Kier alpha value is -3.59. The highest BCUT2D eigenvalue weighted by Gasteiger charge is 2.45. The molecule has 7 rings (SSSR count). The number of nitrogens with zero attached hydrogens (tertiary/aromatic N) is 5. The van der Waals surface area contributed by atoms with E-state index in [-0.39, 0.29) is 28.9 Å². The Morgan fingerprint density at radius 3 is 2.58 bits per heavy atom. The van der Waals surface area contributed by atoms with E-state index in [0.717, 1.165) is 70.0 Å². The Morgan fingerprint density at radius 2 is 1.81 bits per heavy atom. The van der Waals surface area contributed by atoms with Gasteiger partial charge in [0.1, 0.15) is 17.9 Å². The van der Waals surface area contributed by atoms with E-state index in [0.29, 0.717) is 43.0 Å². The average Bonchev–Trinajstić information content (AvgIpc) is 3.60. The van der Waals surface area contributed by atoms with Crippen LogP contribution in [0.4, 0.5) is 14.6 Å². The number of carbonyl (C=O) groups excluding carboxylic acids is 1. The Morgan fingerprint density at radius 1 is 1.02 bits per heavy atom. The fourth-order valence-electron chi connectivity index (χ4n) is 7.94. The number of aryl methyl sites for hydroxylation is 1. The Kier molecular flexibility index (Phi) is 7.32. The fourth-order valence-corrected chi connectivity index (χ4v) is 7.94. The van der Waals surface area contributed by atoms with Crippen molar-refractivity contribution in [3.05, 3.63) is 59.7 Å². The van der Waals surface area contributed by atoms with Gasteiger partial charge in [-0.1, -0.05) is 30.8 Å². The zero-order valence-corrected chi connectivity index (χ0v) is 24.9. The van der Waals surface area contributed by atoms with Gasteiger partial charge in [-0.05, 0) is 94.1 Å². The van der Waals surface area contributed by atoms with Crippen LogP contribution in [0.5, 0.6) is 6.01 Å². The largest absolute Gasteiger partial charge is 0.461 e. The van der Waals surface area contributed by atoms with Crippen LogP contribution in [0.3, 0.4) is 0 Å². The molecule has 4 aliphatic rings. The summed E-state index contributed by atoms with van der Waals surface area (Å²) in [6.07, 6.45) is 8.68.